The minimum absolute atomic E-state index is 0.143. The highest BCUT2D eigenvalue weighted by atomic mass is 32.1. The van der Waals surface area contributed by atoms with Crippen LogP contribution in [0.2, 0.25) is 0 Å². The van der Waals surface area contributed by atoms with Crippen LogP contribution >= 0.6 is 11.3 Å². The van der Waals surface area contributed by atoms with E-state index in [1.807, 2.05) is 18.2 Å². The molecule has 0 aliphatic carbocycles. The molecule has 0 radical (unpaired) electrons. The molecule has 30 heavy (non-hydrogen) atoms. The number of hydrogen-bond acceptors (Lipinski definition) is 4. The lowest BCUT2D eigenvalue weighted by Gasteiger charge is -2.30. The number of halogens is 1. The Hall–Kier alpha value is -2.82. The maximum Gasteiger partial charge on any atom is 0.282 e. The number of thiazole rings is 1. The maximum atomic E-state index is 14.3. The van der Waals surface area contributed by atoms with E-state index in [1.54, 1.807) is 29.5 Å². The first-order valence-electron chi connectivity index (χ1n) is 10.3. The van der Waals surface area contributed by atoms with E-state index in [4.69, 9.17) is 10.2 Å². The van der Waals surface area contributed by atoms with Crippen molar-refractivity contribution in [2.75, 3.05) is 31.1 Å². The van der Waals surface area contributed by atoms with Crippen LogP contribution in [0.3, 0.4) is 0 Å². The van der Waals surface area contributed by atoms with Gasteiger partial charge in [-0.25, -0.2) is 9.37 Å². The highest BCUT2D eigenvalue weighted by Crippen LogP contribution is 2.30. The van der Waals surface area contributed by atoms with Gasteiger partial charge in [0.2, 0.25) is 0 Å². The van der Waals surface area contributed by atoms with Gasteiger partial charge in [-0.15, -0.1) is 11.3 Å². The summed E-state index contributed by atoms with van der Waals surface area (Å²) in [4.78, 5) is 20.5. The molecule has 1 aliphatic rings. The summed E-state index contributed by atoms with van der Waals surface area (Å²) in [6, 6.07) is 16.5. The molecule has 1 saturated heterocycles. The van der Waals surface area contributed by atoms with E-state index >= 15 is 0 Å². The number of carbonyl (C=O) groups excluding carboxylic acids is 1. The van der Waals surface area contributed by atoms with Crippen LogP contribution in [0.25, 0.3) is 10.2 Å². The second-order valence-corrected chi connectivity index (χ2v) is 8.71. The number of aromatic nitrogens is 1. The molecule has 154 valence electrons. The number of quaternary nitrogens is 1. The fourth-order valence-corrected chi connectivity index (χ4v) is 5.21. The van der Waals surface area contributed by atoms with Gasteiger partial charge < -0.3 is 9.80 Å². The molecule has 2 aromatic carbocycles. The van der Waals surface area contributed by atoms with E-state index in [0.717, 1.165) is 36.5 Å². The lowest BCUT2D eigenvalue weighted by Crippen LogP contribution is -3.14. The zero-order valence-electron chi connectivity index (χ0n) is 16.7. The molecule has 0 saturated carbocycles. The lowest BCUT2D eigenvalue weighted by molar-refractivity contribution is -0.898. The van der Waals surface area contributed by atoms with E-state index < -0.39 is 5.82 Å². The number of amides is 1. The van der Waals surface area contributed by atoms with Crippen molar-refractivity contribution in [3.05, 3.63) is 59.4 Å². The number of nitrogens with zero attached hydrogens (tertiary/aromatic N) is 3. The normalized spacial score (nSPS) is 18.8. The van der Waals surface area contributed by atoms with Gasteiger partial charge in [-0.3, -0.25) is 4.79 Å². The molecular formula is C23H24FN4OS+. The molecular weight excluding hydrogens is 399 g/mol. The van der Waals surface area contributed by atoms with Gasteiger partial charge in [0, 0.05) is 6.54 Å². The number of fused-ring (bicyclic) bond motifs is 1. The first-order chi connectivity index (χ1) is 14.7. The Morgan fingerprint density at radius 1 is 1.27 bits per heavy atom. The van der Waals surface area contributed by atoms with Crippen molar-refractivity contribution in [1.29, 1.82) is 5.26 Å². The van der Waals surface area contributed by atoms with Crippen molar-refractivity contribution in [2.45, 2.75) is 25.2 Å². The smallest absolute Gasteiger partial charge is 0.282 e. The second kappa shape index (κ2) is 9.33. The second-order valence-electron chi connectivity index (χ2n) is 7.64. The Kier molecular flexibility index (Phi) is 6.36. The fraction of sp³-hybridized carbons (Fsp3) is 0.348. The zero-order valence-corrected chi connectivity index (χ0v) is 17.5. The number of likely N-dealkylation sites (tertiary alicyclic amines) is 1. The number of piperidine rings is 1. The summed E-state index contributed by atoms with van der Waals surface area (Å²) < 4.78 is 15.5. The monoisotopic (exact) mass is 423 g/mol. The molecule has 4 rings (SSSR count). The molecule has 1 fully saturated rings. The van der Waals surface area contributed by atoms with Crippen molar-refractivity contribution in [3.8, 4) is 6.07 Å². The Morgan fingerprint density at radius 2 is 2.07 bits per heavy atom. The van der Waals surface area contributed by atoms with Crippen LogP contribution in [0.5, 0.6) is 0 Å². The van der Waals surface area contributed by atoms with E-state index in [0.29, 0.717) is 12.5 Å². The van der Waals surface area contributed by atoms with Gasteiger partial charge in [0.15, 0.2) is 6.54 Å². The minimum atomic E-state index is -0.440. The van der Waals surface area contributed by atoms with E-state index in [1.165, 1.54) is 20.6 Å². The third-order valence-electron chi connectivity index (χ3n) is 5.57. The Balaban J connectivity index is 1.47. The number of nitriles is 1. The minimum Gasteiger partial charge on any atom is -0.327 e. The largest absolute Gasteiger partial charge is 0.327 e. The van der Waals surface area contributed by atoms with Crippen molar-refractivity contribution < 1.29 is 14.1 Å². The molecule has 1 aliphatic heterocycles. The maximum absolute atomic E-state index is 14.3. The van der Waals surface area contributed by atoms with Crippen molar-refractivity contribution in [3.63, 3.8) is 0 Å². The molecule has 5 nitrogen and oxygen atoms in total. The van der Waals surface area contributed by atoms with Crippen LogP contribution in [-0.4, -0.2) is 37.1 Å². The van der Waals surface area contributed by atoms with E-state index in [-0.39, 0.29) is 24.6 Å². The zero-order chi connectivity index (χ0) is 20.9. The van der Waals surface area contributed by atoms with Gasteiger partial charge in [-0.2, -0.15) is 5.26 Å². The SMILES string of the molecule is N#CCCN(C(=O)C[NH+]1CCC[C@H](c2nc3ccccc3s2)C1)c1ccccc1F. The summed E-state index contributed by atoms with van der Waals surface area (Å²) in [6.45, 7) is 2.25. The number of para-hydroxylation sites is 2. The number of anilines is 1. The molecule has 7 heteroatoms. The van der Waals surface area contributed by atoms with Crippen LogP contribution in [0.15, 0.2) is 48.5 Å². The highest BCUT2D eigenvalue weighted by Gasteiger charge is 2.30. The predicted molar refractivity (Wildman–Crippen MR) is 116 cm³/mol. The summed E-state index contributed by atoms with van der Waals surface area (Å²) >= 11 is 1.74. The van der Waals surface area contributed by atoms with Gasteiger partial charge in [-0.1, -0.05) is 24.3 Å². The summed E-state index contributed by atoms with van der Waals surface area (Å²) in [5.74, 6) is -0.250. The van der Waals surface area contributed by atoms with Crippen LogP contribution in [-0.2, 0) is 4.79 Å². The van der Waals surface area contributed by atoms with Crippen LogP contribution < -0.4 is 9.80 Å². The molecule has 0 spiro atoms. The standard InChI is InChI=1S/C23H23FN4OS/c24-18-8-1-3-10-20(18)28(14-6-12-25)22(29)16-27-13-5-7-17(15-27)23-26-19-9-2-4-11-21(19)30-23/h1-4,8-11,17H,5-7,13-16H2/p+1/t17-/m0/s1. The Labute approximate surface area is 179 Å². The average molecular weight is 424 g/mol. The number of carbonyl (C=O) groups is 1. The summed E-state index contributed by atoms with van der Waals surface area (Å²) in [5, 5.41) is 10.1. The van der Waals surface area contributed by atoms with Crippen molar-refractivity contribution in [2.24, 2.45) is 0 Å². The molecule has 2 atom stereocenters. The van der Waals surface area contributed by atoms with Gasteiger partial charge in [0.05, 0.1) is 47.4 Å². The van der Waals surface area contributed by atoms with Gasteiger partial charge >= 0.3 is 0 Å². The predicted octanol–water partition coefficient (Wildman–Crippen LogP) is 3.14. The van der Waals surface area contributed by atoms with Crippen LogP contribution in [0, 0.1) is 17.1 Å². The highest BCUT2D eigenvalue weighted by molar-refractivity contribution is 7.18. The lowest BCUT2D eigenvalue weighted by atomic mass is 9.98. The number of rotatable bonds is 6. The van der Waals surface area contributed by atoms with Gasteiger partial charge in [-0.05, 0) is 37.1 Å². The quantitative estimate of drug-likeness (QED) is 0.663. The molecule has 1 aromatic heterocycles. The first-order valence-corrected chi connectivity index (χ1v) is 11.1. The van der Waals surface area contributed by atoms with Gasteiger partial charge in [0.1, 0.15) is 10.8 Å². The van der Waals surface area contributed by atoms with Crippen molar-refractivity contribution >= 4 is 33.1 Å². The number of benzene rings is 2. The molecule has 2 heterocycles. The third-order valence-corrected chi connectivity index (χ3v) is 6.77. The van der Waals surface area contributed by atoms with Crippen LogP contribution in [0.1, 0.15) is 30.2 Å². The topological polar surface area (TPSA) is 61.4 Å². The number of hydrogen-bond donors (Lipinski definition) is 1. The summed E-state index contributed by atoms with van der Waals surface area (Å²) in [5.41, 5.74) is 1.28. The average Bonchev–Trinajstić information content (AvgIpc) is 3.20. The van der Waals surface area contributed by atoms with Gasteiger partial charge in [0.25, 0.3) is 5.91 Å². The first kappa shape index (κ1) is 20.5. The molecule has 1 amide bonds. The molecule has 3 aromatic rings. The van der Waals surface area contributed by atoms with Crippen LogP contribution in [0.4, 0.5) is 10.1 Å². The van der Waals surface area contributed by atoms with E-state index in [2.05, 4.69) is 12.1 Å². The van der Waals surface area contributed by atoms with Crippen molar-refractivity contribution in [1.82, 2.24) is 4.98 Å². The fourth-order valence-electron chi connectivity index (χ4n) is 4.11. The third kappa shape index (κ3) is 4.50. The molecule has 0 bridgehead atoms. The Morgan fingerprint density at radius 3 is 2.87 bits per heavy atom. The van der Waals surface area contributed by atoms with E-state index in [9.17, 15) is 9.18 Å². The summed E-state index contributed by atoms with van der Waals surface area (Å²) in [6.07, 6.45) is 2.27. The molecule has 1 unspecified atom stereocenters. The Bertz CT molecular complexity index is 1040. The number of nitrogens with one attached hydrogen (secondary N) is 1. The summed E-state index contributed by atoms with van der Waals surface area (Å²) in [7, 11) is 0. The molecule has 1 N–H and O–H groups in total.